The summed E-state index contributed by atoms with van der Waals surface area (Å²) in [4.78, 5) is 10.6. The first kappa shape index (κ1) is 24.4. The van der Waals surface area contributed by atoms with Crippen molar-refractivity contribution in [3.63, 3.8) is 0 Å². The zero-order valence-corrected chi connectivity index (χ0v) is 19.6. The molecule has 1 aromatic carbocycles. The Labute approximate surface area is 182 Å². The Morgan fingerprint density at radius 2 is 1.41 bits per heavy atom. The van der Waals surface area contributed by atoms with Crippen molar-refractivity contribution in [1.82, 2.24) is 5.32 Å². The highest BCUT2D eigenvalue weighted by Gasteiger charge is 2.47. The van der Waals surface area contributed by atoms with Crippen molar-refractivity contribution in [1.29, 1.82) is 0 Å². The van der Waals surface area contributed by atoms with Gasteiger partial charge >= 0.3 is 0 Å². The Kier molecular flexibility index (Phi) is 8.37. The molecule has 5 rings (SSSR count). The molecule has 0 heterocycles. The van der Waals surface area contributed by atoms with Gasteiger partial charge in [0.15, 0.2) is 0 Å². The van der Waals surface area contributed by atoms with Crippen molar-refractivity contribution in [3.05, 3.63) is 29.8 Å². The van der Waals surface area contributed by atoms with Gasteiger partial charge in [0.05, 0.1) is 11.1 Å². The number of thiol groups is 1. The highest BCUT2D eigenvalue weighted by molar-refractivity contribution is 7.80. The normalized spacial score (nSPS) is 30.0. The number of aldehydes is 1. The topological polar surface area (TPSA) is 75.4 Å². The van der Waals surface area contributed by atoms with E-state index in [0.29, 0.717) is 6.29 Å². The number of hydrogen-bond acceptors (Lipinski definition) is 5. The van der Waals surface area contributed by atoms with Gasteiger partial charge in [-0.2, -0.15) is 0 Å². The van der Waals surface area contributed by atoms with E-state index in [1.807, 2.05) is 24.3 Å². The number of nitrogens with two attached hydrogens (primary N) is 1. The summed E-state index contributed by atoms with van der Waals surface area (Å²) in [5.41, 5.74) is 4.69. The van der Waals surface area contributed by atoms with Crippen LogP contribution in [0.15, 0.2) is 29.2 Å². The van der Waals surface area contributed by atoms with Gasteiger partial charge in [0.25, 0.3) is 0 Å². The second-order valence-corrected chi connectivity index (χ2v) is 10.8. The van der Waals surface area contributed by atoms with Crippen LogP contribution in [-0.4, -0.2) is 30.0 Å². The molecule has 4 aliphatic rings. The summed E-state index contributed by atoms with van der Waals surface area (Å²) >= 11 is 4.15. The van der Waals surface area contributed by atoms with E-state index in [9.17, 15) is 9.90 Å². The van der Waals surface area contributed by atoms with Gasteiger partial charge < -0.3 is 21.0 Å². The van der Waals surface area contributed by atoms with E-state index in [4.69, 9.17) is 5.73 Å². The number of benzene rings is 1. The third kappa shape index (κ3) is 7.39. The summed E-state index contributed by atoms with van der Waals surface area (Å²) in [5, 5.41) is 13.1. The van der Waals surface area contributed by atoms with Gasteiger partial charge in [-0.25, -0.2) is 0 Å². The lowest BCUT2D eigenvalue weighted by Gasteiger charge is -2.54. The first-order valence-electron chi connectivity index (χ1n) is 10.9. The number of rotatable bonds is 3. The minimum absolute atomic E-state index is 0.639. The molecule has 164 valence electrons. The van der Waals surface area contributed by atoms with Gasteiger partial charge in [-0.05, 0) is 108 Å². The molecular formula is C24H40N2O2S. The molecule has 0 spiro atoms. The van der Waals surface area contributed by atoms with Crippen LogP contribution >= 0.6 is 12.6 Å². The van der Waals surface area contributed by atoms with Crippen LogP contribution in [0.25, 0.3) is 0 Å². The third-order valence-corrected chi connectivity index (χ3v) is 6.74. The zero-order valence-electron chi connectivity index (χ0n) is 18.7. The van der Waals surface area contributed by atoms with Crippen LogP contribution in [0.2, 0.25) is 0 Å². The molecule has 0 atom stereocenters. The molecule has 29 heavy (non-hydrogen) atoms. The molecule has 4 nitrogen and oxygen atoms in total. The summed E-state index contributed by atoms with van der Waals surface area (Å²) in [6.07, 6.45) is 8.45. The van der Waals surface area contributed by atoms with Gasteiger partial charge in [-0.15, -0.1) is 12.6 Å². The van der Waals surface area contributed by atoms with E-state index in [2.05, 4.69) is 25.0 Å². The van der Waals surface area contributed by atoms with Gasteiger partial charge in [0.1, 0.15) is 6.29 Å². The lowest BCUT2D eigenvalue weighted by Crippen LogP contribution is -2.53. The second kappa shape index (κ2) is 9.95. The summed E-state index contributed by atoms with van der Waals surface area (Å²) in [6, 6.07) is 8.38. The number of carbonyl (C=O) groups excluding carboxylic acids is 1. The standard InChI is InChI=1S/C11H19N.C9H12OS.C4H9NO/c1-12-11-9-3-7-2-8(5-9)6-10(11)4-7;1-9(2,10)7-3-5-8(11)6-4-7;1-4(2,5)3-6/h7-12H,2-6H2,1H3;3-6,10-11H,1-2H3;3H,5H2,1-2H3. The number of aliphatic hydroxyl groups is 1. The highest BCUT2D eigenvalue weighted by atomic mass is 32.1. The average molecular weight is 421 g/mol. The van der Waals surface area contributed by atoms with Crippen molar-refractivity contribution >= 4 is 18.9 Å². The van der Waals surface area contributed by atoms with Crippen LogP contribution in [-0.2, 0) is 10.4 Å². The quantitative estimate of drug-likeness (QED) is 0.438. The maximum Gasteiger partial charge on any atom is 0.139 e. The number of hydrogen-bond donors (Lipinski definition) is 4. The number of nitrogens with one attached hydrogen (secondary N) is 1. The largest absolute Gasteiger partial charge is 0.386 e. The molecule has 4 N–H and O–H groups in total. The van der Waals surface area contributed by atoms with Gasteiger partial charge in [0, 0.05) is 10.9 Å². The van der Waals surface area contributed by atoms with Crippen LogP contribution in [0.1, 0.15) is 65.4 Å². The predicted molar refractivity (Wildman–Crippen MR) is 123 cm³/mol. The number of carbonyl (C=O) groups is 1. The van der Waals surface area contributed by atoms with E-state index >= 15 is 0 Å². The monoisotopic (exact) mass is 420 g/mol. The van der Waals surface area contributed by atoms with Crippen molar-refractivity contribution in [2.45, 2.75) is 81.9 Å². The van der Waals surface area contributed by atoms with Gasteiger partial charge in [-0.1, -0.05) is 12.1 Å². The SMILES string of the molecule is CC(C)(N)C=O.CC(C)(O)c1ccc(S)cc1.CNC1C2CC3CC(C2)CC1C3. The molecule has 5 heteroatoms. The first-order chi connectivity index (χ1) is 13.4. The third-order valence-electron chi connectivity index (χ3n) is 6.44. The molecular weight excluding hydrogens is 380 g/mol. The smallest absolute Gasteiger partial charge is 0.139 e. The van der Waals surface area contributed by atoms with Crippen LogP contribution in [0, 0.1) is 23.7 Å². The maximum atomic E-state index is 9.70. The summed E-state index contributed by atoms with van der Waals surface area (Å²) in [5.74, 6) is 4.34. The van der Waals surface area contributed by atoms with E-state index in [-0.39, 0.29) is 0 Å². The van der Waals surface area contributed by atoms with Gasteiger partial charge in [-0.3, -0.25) is 0 Å². The fraction of sp³-hybridized carbons (Fsp3) is 0.708. The zero-order chi connectivity index (χ0) is 21.8. The molecule has 0 saturated heterocycles. The minimum Gasteiger partial charge on any atom is -0.386 e. The van der Waals surface area contributed by atoms with E-state index in [1.165, 1.54) is 0 Å². The first-order valence-corrected chi connectivity index (χ1v) is 11.3. The summed E-state index contributed by atoms with van der Waals surface area (Å²) in [7, 11) is 2.16. The highest BCUT2D eigenvalue weighted by Crippen LogP contribution is 2.53. The van der Waals surface area contributed by atoms with Crippen molar-refractivity contribution in [2.75, 3.05) is 7.05 Å². The van der Waals surface area contributed by atoms with Crippen LogP contribution in [0.3, 0.4) is 0 Å². The van der Waals surface area contributed by atoms with Crippen LogP contribution < -0.4 is 11.1 Å². The summed E-state index contributed by atoms with van der Waals surface area (Å²) < 4.78 is 0. The lowest BCUT2D eigenvalue weighted by molar-refractivity contribution is -0.111. The molecule has 4 bridgehead atoms. The molecule has 0 amide bonds. The van der Waals surface area contributed by atoms with E-state index in [1.54, 1.807) is 59.8 Å². The Morgan fingerprint density at radius 1 is 1.00 bits per heavy atom. The fourth-order valence-electron chi connectivity index (χ4n) is 5.27. The minimum atomic E-state index is -0.749. The molecule has 4 aliphatic carbocycles. The maximum absolute atomic E-state index is 9.70. The van der Waals surface area contributed by atoms with Crippen LogP contribution in [0.5, 0.6) is 0 Å². The fourth-order valence-corrected chi connectivity index (χ4v) is 5.41. The Balaban J connectivity index is 0.000000165. The van der Waals surface area contributed by atoms with Crippen molar-refractivity contribution < 1.29 is 9.90 Å². The predicted octanol–water partition coefficient (Wildman–Crippen LogP) is 4.16. The van der Waals surface area contributed by atoms with Crippen LogP contribution in [0.4, 0.5) is 0 Å². The molecule has 0 unspecified atom stereocenters. The molecule has 0 aliphatic heterocycles. The molecule has 4 saturated carbocycles. The Hall–Kier alpha value is -0.880. The molecule has 0 radical (unpaired) electrons. The molecule has 0 aromatic heterocycles. The second-order valence-electron chi connectivity index (χ2n) is 10.3. The van der Waals surface area contributed by atoms with E-state index in [0.717, 1.165) is 40.2 Å². The van der Waals surface area contributed by atoms with Crippen molar-refractivity contribution in [2.24, 2.45) is 29.4 Å². The lowest BCUT2D eigenvalue weighted by atomic mass is 9.54. The molecule has 1 aromatic rings. The average Bonchev–Trinajstić information content (AvgIpc) is 2.61. The van der Waals surface area contributed by atoms with E-state index < -0.39 is 11.1 Å². The van der Waals surface area contributed by atoms with Gasteiger partial charge in [0.2, 0.25) is 0 Å². The molecule has 4 fully saturated rings. The Bertz CT molecular complexity index is 618. The summed E-state index contributed by atoms with van der Waals surface area (Å²) in [6.45, 7) is 6.83. The Morgan fingerprint density at radius 3 is 1.72 bits per heavy atom. The van der Waals surface area contributed by atoms with Crippen molar-refractivity contribution in [3.8, 4) is 0 Å².